The van der Waals surface area contributed by atoms with Crippen molar-refractivity contribution in [2.45, 2.75) is 6.10 Å². The van der Waals surface area contributed by atoms with E-state index in [0.717, 1.165) is 10.8 Å². The van der Waals surface area contributed by atoms with Gasteiger partial charge in [-0.2, -0.15) is 0 Å². The lowest BCUT2D eigenvalue weighted by molar-refractivity contribution is 0.217. The Morgan fingerprint density at radius 2 is 1.95 bits per heavy atom. The van der Waals surface area contributed by atoms with E-state index < -0.39 is 6.10 Å². The van der Waals surface area contributed by atoms with Crippen LogP contribution in [0.25, 0.3) is 10.8 Å². The van der Waals surface area contributed by atoms with Gasteiger partial charge in [-0.05, 0) is 22.9 Å². The van der Waals surface area contributed by atoms with Crippen LogP contribution in [-0.2, 0) is 0 Å². The molecule has 21 heavy (non-hydrogen) atoms. The number of anilines is 1. The number of hydrogen-bond acceptors (Lipinski definition) is 4. The first-order valence-electron chi connectivity index (χ1n) is 6.65. The first kappa shape index (κ1) is 13.4. The van der Waals surface area contributed by atoms with E-state index in [1.165, 1.54) is 0 Å². The summed E-state index contributed by atoms with van der Waals surface area (Å²) in [5.74, 6) is 0.629. The van der Waals surface area contributed by atoms with Gasteiger partial charge in [0.15, 0.2) is 0 Å². The molecule has 0 saturated heterocycles. The van der Waals surface area contributed by atoms with Crippen LogP contribution in [0.1, 0.15) is 17.2 Å². The lowest BCUT2D eigenvalue weighted by Gasteiger charge is -2.18. The molecule has 1 aromatic heterocycles. The monoisotopic (exact) mass is 280 g/mol. The van der Waals surface area contributed by atoms with Crippen molar-refractivity contribution in [3.05, 3.63) is 66.0 Å². The van der Waals surface area contributed by atoms with Gasteiger partial charge in [-0.15, -0.1) is 0 Å². The van der Waals surface area contributed by atoms with Crippen LogP contribution in [0.2, 0.25) is 0 Å². The van der Waals surface area contributed by atoms with Crippen LogP contribution in [-0.4, -0.2) is 17.2 Å². The minimum Gasteiger partial charge on any atom is -0.496 e. The highest BCUT2D eigenvalue weighted by Crippen LogP contribution is 2.37. The topological polar surface area (TPSA) is 68.4 Å². The molecular formula is C17H16N2O2. The van der Waals surface area contributed by atoms with Gasteiger partial charge in [0, 0.05) is 29.2 Å². The number of hydrogen-bond donors (Lipinski definition) is 2. The van der Waals surface area contributed by atoms with Gasteiger partial charge in [0.2, 0.25) is 0 Å². The smallest absolute Gasteiger partial charge is 0.125 e. The van der Waals surface area contributed by atoms with E-state index in [-0.39, 0.29) is 0 Å². The number of aliphatic hydroxyl groups is 1. The molecule has 1 unspecified atom stereocenters. The van der Waals surface area contributed by atoms with Crippen molar-refractivity contribution in [1.29, 1.82) is 0 Å². The lowest BCUT2D eigenvalue weighted by Crippen LogP contribution is -2.06. The molecule has 0 radical (unpaired) electrons. The summed E-state index contributed by atoms with van der Waals surface area (Å²) < 4.78 is 5.41. The van der Waals surface area contributed by atoms with Gasteiger partial charge in [-0.1, -0.05) is 30.3 Å². The van der Waals surface area contributed by atoms with E-state index in [1.807, 2.05) is 36.4 Å². The van der Waals surface area contributed by atoms with E-state index in [9.17, 15) is 5.11 Å². The molecule has 1 atom stereocenters. The van der Waals surface area contributed by atoms with Crippen LogP contribution >= 0.6 is 0 Å². The first-order chi connectivity index (χ1) is 10.2. The van der Waals surface area contributed by atoms with Gasteiger partial charge in [-0.25, -0.2) is 0 Å². The number of pyridine rings is 1. The summed E-state index contributed by atoms with van der Waals surface area (Å²) in [4.78, 5) is 4.05. The Bertz CT molecular complexity index is 787. The zero-order valence-electron chi connectivity index (χ0n) is 11.7. The summed E-state index contributed by atoms with van der Waals surface area (Å²) in [5.41, 5.74) is 7.74. The molecule has 3 rings (SSSR count). The van der Waals surface area contributed by atoms with Crippen LogP contribution in [0.4, 0.5) is 5.69 Å². The van der Waals surface area contributed by atoms with E-state index in [2.05, 4.69) is 4.98 Å². The molecule has 0 fully saturated rings. The fraction of sp³-hybridized carbons (Fsp3) is 0.118. The molecule has 0 aliphatic rings. The number of rotatable bonds is 3. The molecule has 0 saturated carbocycles. The number of benzene rings is 2. The highest BCUT2D eigenvalue weighted by Gasteiger charge is 2.20. The third-order valence-electron chi connectivity index (χ3n) is 3.61. The largest absolute Gasteiger partial charge is 0.496 e. The molecule has 106 valence electrons. The van der Waals surface area contributed by atoms with E-state index in [4.69, 9.17) is 10.5 Å². The Morgan fingerprint density at radius 3 is 2.71 bits per heavy atom. The maximum atomic E-state index is 10.8. The predicted octanol–water partition coefficient (Wildman–Crippen LogP) is 2.91. The summed E-state index contributed by atoms with van der Waals surface area (Å²) in [7, 11) is 1.59. The van der Waals surface area contributed by atoms with Crippen molar-refractivity contribution < 1.29 is 9.84 Å². The third kappa shape index (κ3) is 2.30. The Kier molecular flexibility index (Phi) is 3.46. The molecule has 0 aliphatic heterocycles. The van der Waals surface area contributed by atoms with Crippen LogP contribution in [0.3, 0.4) is 0 Å². The molecule has 4 nitrogen and oxygen atoms in total. The molecule has 3 N–H and O–H groups in total. The minimum absolute atomic E-state index is 0.507. The first-order valence-corrected chi connectivity index (χ1v) is 6.65. The van der Waals surface area contributed by atoms with Crippen molar-refractivity contribution in [3.63, 3.8) is 0 Å². The van der Waals surface area contributed by atoms with Gasteiger partial charge >= 0.3 is 0 Å². The highest BCUT2D eigenvalue weighted by atomic mass is 16.5. The summed E-state index contributed by atoms with van der Waals surface area (Å²) in [6.07, 6.45) is 2.30. The van der Waals surface area contributed by atoms with E-state index >= 15 is 0 Å². The van der Waals surface area contributed by atoms with E-state index in [1.54, 1.807) is 25.6 Å². The predicted molar refractivity (Wildman–Crippen MR) is 83.2 cm³/mol. The second kappa shape index (κ2) is 5.42. The average molecular weight is 280 g/mol. The van der Waals surface area contributed by atoms with Gasteiger partial charge < -0.3 is 15.6 Å². The van der Waals surface area contributed by atoms with Crippen LogP contribution < -0.4 is 10.5 Å². The zero-order valence-corrected chi connectivity index (χ0v) is 11.7. The number of aromatic nitrogens is 1. The molecule has 0 aliphatic carbocycles. The quantitative estimate of drug-likeness (QED) is 0.774. The fourth-order valence-electron chi connectivity index (χ4n) is 2.54. The van der Waals surface area contributed by atoms with Gasteiger partial charge in [0.1, 0.15) is 11.9 Å². The fourth-order valence-corrected chi connectivity index (χ4v) is 2.54. The van der Waals surface area contributed by atoms with Gasteiger partial charge in [0.05, 0.1) is 7.11 Å². The lowest BCUT2D eigenvalue weighted by atomic mass is 9.95. The minimum atomic E-state index is -0.889. The number of nitrogens with zero attached hydrogens (tertiary/aromatic N) is 1. The number of ether oxygens (including phenoxy) is 1. The number of aliphatic hydroxyl groups excluding tert-OH is 1. The molecular weight excluding hydrogens is 264 g/mol. The zero-order chi connectivity index (χ0) is 14.8. The van der Waals surface area contributed by atoms with Crippen molar-refractivity contribution in [3.8, 4) is 5.75 Å². The molecule has 1 heterocycles. The highest BCUT2D eigenvalue weighted by molar-refractivity contribution is 5.88. The van der Waals surface area contributed by atoms with Crippen molar-refractivity contribution in [2.75, 3.05) is 12.8 Å². The number of methoxy groups -OCH3 is 1. The SMILES string of the molecule is COc1ccc2ccccc2c1C(O)c1cnccc1N. The molecule has 4 heteroatoms. The maximum Gasteiger partial charge on any atom is 0.125 e. The average Bonchev–Trinajstić information content (AvgIpc) is 2.53. The second-order valence-electron chi connectivity index (χ2n) is 4.81. The number of nitrogens with two attached hydrogens (primary N) is 1. The van der Waals surface area contributed by atoms with Crippen LogP contribution in [0, 0.1) is 0 Å². The Hall–Kier alpha value is -2.59. The molecule has 3 aromatic rings. The normalized spacial score (nSPS) is 12.3. The maximum absolute atomic E-state index is 10.8. The molecule has 0 spiro atoms. The van der Waals surface area contributed by atoms with E-state index in [0.29, 0.717) is 22.6 Å². The summed E-state index contributed by atoms with van der Waals surface area (Å²) in [6.45, 7) is 0. The van der Waals surface area contributed by atoms with Crippen LogP contribution in [0.5, 0.6) is 5.75 Å². The summed E-state index contributed by atoms with van der Waals surface area (Å²) in [5, 5.41) is 12.8. The molecule has 2 aromatic carbocycles. The Balaban J connectivity index is 2.25. The summed E-state index contributed by atoms with van der Waals surface area (Å²) in [6, 6.07) is 13.4. The van der Waals surface area contributed by atoms with Crippen LogP contribution in [0.15, 0.2) is 54.9 Å². The van der Waals surface area contributed by atoms with Crippen molar-refractivity contribution >= 4 is 16.5 Å². The number of nitrogen functional groups attached to an aromatic ring is 1. The third-order valence-corrected chi connectivity index (χ3v) is 3.61. The van der Waals surface area contributed by atoms with Crippen molar-refractivity contribution in [1.82, 2.24) is 4.98 Å². The Labute approximate surface area is 122 Å². The van der Waals surface area contributed by atoms with Gasteiger partial charge in [-0.3, -0.25) is 4.98 Å². The number of fused-ring (bicyclic) bond motifs is 1. The Morgan fingerprint density at radius 1 is 1.14 bits per heavy atom. The van der Waals surface area contributed by atoms with Gasteiger partial charge in [0.25, 0.3) is 0 Å². The molecule has 0 amide bonds. The second-order valence-corrected chi connectivity index (χ2v) is 4.81. The van der Waals surface area contributed by atoms with Crippen molar-refractivity contribution in [2.24, 2.45) is 0 Å². The standard InChI is InChI=1S/C17H16N2O2/c1-21-15-7-6-11-4-2-3-5-12(11)16(15)17(20)13-10-19-9-8-14(13)18/h2-10,17,20H,1H3,(H2,18,19). The summed E-state index contributed by atoms with van der Waals surface area (Å²) >= 11 is 0. The molecule has 0 bridgehead atoms.